The fraction of sp³-hybridized carbons (Fsp3) is 0.933. The maximum atomic E-state index is 12.0. The number of carbonyl (C=O) groups is 1. The number of amides is 1. The van der Waals surface area contributed by atoms with Crippen LogP contribution in [0.4, 0.5) is 0 Å². The summed E-state index contributed by atoms with van der Waals surface area (Å²) in [5.41, 5.74) is 11.1. The number of carbonyl (C=O) groups excluding carboxylic acids is 1. The number of hydrogen-bond donors (Lipinski definition) is 5. The molecule has 6 nitrogen and oxygen atoms in total. The molecule has 0 saturated carbocycles. The largest absolute Gasteiger partial charge is 0.400 e. The Morgan fingerprint density at radius 3 is 2.00 bits per heavy atom. The van der Waals surface area contributed by atoms with E-state index in [9.17, 15) is 4.79 Å². The summed E-state index contributed by atoms with van der Waals surface area (Å²) in [6, 6.07) is -0.0952. The van der Waals surface area contributed by atoms with E-state index in [4.69, 9.17) is 16.6 Å². The van der Waals surface area contributed by atoms with E-state index in [1.165, 1.54) is 0 Å². The number of hydrogen-bond acceptors (Lipinski definition) is 5. The van der Waals surface area contributed by atoms with Gasteiger partial charge in [-0.2, -0.15) is 0 Å². The van der Waals surface area contributed by atoms with E-state index in [1.54, 1.807) is 7.05 Å². The molecule has 0 aromatic carbocycles. The Morgan fingerprint density at radius 2 is 1.67 bits per heavy atom. The molecule has 0 aromatic rings. The summed E-state index contributed by atoms with van der Waals surface area (Å²) in [5.74, 6) is 0.388. The van der Waals surface area contributed by atoms with Crippen molar-refractivity contribution in [2.24, 2.45) is 17.4 Å². The summed E-state index contributed by atoms with van der Waals surface area (Å²) in [6.45, 7) is 9.26. The quantitative estimate of drug-likeness (QED) is 0.397. The van der Waals surface area contributed by atoms with E-state index in [1.807, 2.05) is 13.8 Å². The SMILES string of the molecule is CC.CNC(CCCCN)C(=O)NC(CN)C(C)C.CO. The highest BCUT2D eigenvalue weighted by atomic mass is 16.2. The summed E-state index contributed by atoms with van der Waals surface area (Å²) < 4.78 is 0. The Labute approximate surface area is 131 Å². The zero-order valence-corrected chi connectivity index (χ0v) is 14.8. The van der Waals surface area contributed by atoms with Crippen molar-refractivity contribution in [3.8, 4) is 0 Å². The number of likely N-dealkylation sites (N-methyl/N-ethyl adjacent to an activating group) is 1. The number of aliphatic hydroxyl groups is 1. The lowest BCUT2D eigenvalue weighted by atomic mass is 10.0. The molecule has 0 aliphatic carbocycles. The van der Waals surface area contributed by atoms with Gasteiger partial charge in [0, 0.05) is 19.7 Å². The second-order valence-corrected chi connectivity index (χ2v) is 4.72. The van der Waals surface area contributed by atoms with Crippen LogP contribution in [-0.4, -0.2) is 50.3 Å². The second kappa shape index (κ2) is 19.3. The average molecular weight is 306 g/mol. The van der Waals surface area contributed by atoms with Gasteiger partial charge >= 0.3 is 0 Å². The molecule has 21 heavy (non-hydrogen) atoms. The molecule has 0 fully saturated rings. The third-order valence-corrected chi connectivity index (χ3v) is 3.00. The van der Waals surface area contributed by atoms with E-state index in [-0.39, 0.29) is 18.0 Å². The molecule has 2 atom stereocenters. The van der Waals surface area contributed by atoms with Gasteiger partial charge in [-0.1, -0.05) is 34.1 Å². The standard InChI is InChI=1S/C12H28N4O.C2H6.CH4O/c1-9(2)11(8-14)16-12(17)10(15-3)6-4-5-7-13;2*1-2/h9-11,15H,4-8,13-14H2,1-3H3,(H,16,17);1-2H3;2H,1H3. The van der Waals surface area contributed by atoms with E-state index < -0.39 is 0 Å². The predicted molar refractivity (Wildman–Crippen MR) is 91.1 cm³/mol. The first kappa shape index (κ1) is 25.3. The van der Waals surface area contributed by atoms with Gasteiger partial charge in [0.25, 0.3) is 0 Å². The first-order valence-corrected chi connectivity index (χ1v) is 7.89. The zero-order chi connectivity index (χ0) is 17.3. The summed E-state index contributed by atoms with van der Waals surface area (Å²) in [5, 5.41) is 13.0. The van der Waals surface area contributed by atoms with Gasteiger partial charge in [-0.3, -0.25) is 4.79 Å². The van der Waals surface area contributed by atoms with Crippen LogP contribution in [-0.2, 0) is 4.79 Å². The molecule has 6 heteroatoms. The van der Waals surface area contributed by atoms with Gasteiger partial charge in [0.15, 0.2) is 0 Å². The summed E-state index contributed by atoms with van der Waals surface area (Å²) in [6.07, 6.45) is 2.73. The lowest BCUT2D eigenvalue weighted by Gasteiger charge is -2.24. The molecule has 1 amide bonds. The Balaban J connectivity index is -0.000000739. The van der Waals surface area contributed by atoms with Gasteiger partial charge in [-0.15, -0.1) is 0 Å². The lowest BCUT2D eigenvalue weighted by molar-refractivity contribution is -0.124. The summed E-state index contributed by atoms with van der Waals surface area (Å²) >= 11 is 0. The van der Waals surface area contributed by atoms with Crippen molar-refractivity contribution in [3.05, 3.63) is 0 Å². The third kappa shape index (κ3) is 14.0. The van der Waals surface area contributed by atoms with Crippen LogP contribution >= 0.6 is 0 Å². The van der Waals surface area contributed by atoms with Crippen LogP contribution in [0.2, 0.25) is 0 Å². The minimum Gasteiger partial charge on any atom is -0.400 e. The van der Waals surface area contributed by atoms with Crippen LogP contribution in [0.1, 0.15) is 47.0 Å². The Morgan fingerprint density at radius 1 is 1.14 bits per heavy atom. The molecular formula is C15H38N4O2. The molecule has 130 valence electrons. The molecule has 0 saturated heterocycles. The molecule has 7 N–H and O–H groups in total. The van der Waals surface area contributed by atoms with Crippen molar-refractivity contribution in [3.63, 3.8) is 0 Å². The normalized spacial score (nSPS) is 12.5. The van der Waals surface area contributed by atoms with E-state index in [0.717, 1.165) is 26.4 Å². The number of nitrogens with two attached hydrogens (primary N) is 2. The molecule has 0 aliphatic rings. The van der Waals surface area contributed by atoms with Crippen LogP contribution in [0.3, 0.4) is 0 Å². The van der Waals surface area contributed by atoms with E-state index >= 15 is 0 Å². The van der Waals surface area contributed by atoms with Gasteiger partial charge < -0.3 is 27.2 Å². The smallest absolute Gasteiger partial charge is 0.237 e. The van der Waals surface area contributed by atoms with Crippen molar-refractivity contribution < 1.29 is 9.90 Å². The second-order valence-electron chi connectivity index (χ2n) is 4.72. The topological polar surface area (TPSA) is 113 Å². The fourth-order valence-electron chi connectivity index (χ4n) is 1.68. The van der Waals surface area contributed by atoms with Crippen LogP contribution in [0.25, 0.3) is 0 Å². The van der Waals surface area contributed by atoms with Gasteiger partial charge in [-0.05, 0) is 32.4 Å². The lowest BCUT2D eigenvalue weighted by Crippen LogP contribution is -2.50. The first-order valence-electron chi connectivity index (χ1n) is 7.89. The van der Waals surface area contributed by atoms with Crippen LogP contribution in [0.15, 0.2) is 0 Å². The highest BCUT2D eigenvalue weighted by molar-refractivity contribution is 5.82. The molecule has 0 bridgehead atoms. The number of unbranched alkanes of at least 4 members (excludes halogenated alkanes) is 1. The first-order chi connectivity index (χ1) is 10.1. The van der Waals surface area contributed by atoms with Crippen molar-refractivity contribution >= 4 is 5.91 Å². The Bertz CT molecular complexity index is 214. The minimum atomic E-state index is -0.144. The average Bonchev–Trinajstić information content (AvgIpc) is 2.52. The van der Waals surface area contributed by atoms with Gasteiger partial charge in [0.1, 0.15) is 0 Å². The molecule has 0 aliphatic heterocycles. The van der Waals surface area contributed by atoms with E-state index in [2.05, 4.69) is 24.5 Å². The monoisotopic (exact) mass is 306 g/mol. The van der Waals surface area contributed by atoms with Crippen LogP contribution < -0.4 is 22.1 Å². The van der Waals surface area contributed by atoms with Crippen molar-refractivity contribution in [2.75, 3.05) is 27.2 Å². The van der Waals surface area contributed by atoms with Gasteiger partial charge in [0.2, 0.25) is 5.91 Å². The molecule has 0 aromatic heterocycles. The zero-order valence-electron chi connectivity index (χ0n) is 14.8. The molecule has 0 spiro atoms. The summed E-state index contributed by atoms with van der Waals surface area (Å²) in [4.78, 5) is 12.0. The van der Waals surface area contributed by atoms with Crippen molar-refractivity contribution in [1.29, 1.82) is 0 Å². The summed E-state index contributed by atoms with van der Waals surface area (Å²) in [7, 11) is 2.81. The van der Waals surface area contributed by atoms with Gasteiger partial charge in [-0.25, -0.2) is 0 Å². The molecule has 0 heterocycles. The highest BCUT2D eigenvalue weighted by Crippen LogP contribution is 2.03. The third-order valence-electron chi connectivity index (χ3n) is 3.00. The minimum absolute atomic E-state index is 0.0358. The molecular weight excluding hydrogens is 268 g/mol. The highest BCUT2D eigenvalue weighted by Gasteiger charge is 2.20. The number of aliphatic hydroxyl groups excluding tert-OH is 1. The molecule has 0 rings (SSSR count). The maximum absolute atomic E-state index is 12.0. The van der Waals surface area contributed by atoms with Crippen molar-refractivity contribution in [1.82, 2.24) is 10.6 Å². The van der Waals surface area contributed by atoms with Crippen LogP contribution in [0.5, 0.6) is 0 Å². The molecule has 2 unspecified atom stereocenters. The Hall–Kier alpha value is -0.690. The number of nitrogens with one attached hydrogen (secondary N) is 2. The Kier molecular flexibility index (Phi) is 23.2. The maximum Gasteiger partial charge on any atom is 0.237 e. The molecule has 0 radical (unpaired) electrons. The van der Waals surface area contributed by atoms with Crippen LogP contribution in [0, 0.1) is 5.92 Å². The fourth-order valence-corrected chi connectivity index (χ4v) is 1.68. The van der Waals surface area contributed by atoms with Gasteiger partial charge in [0.05, 0.1) is 6.04 Å². The predicted octanol–water partition coefficient (Wildman–Crippen LogP) is 0.438. The van der Waals surface area contributed by atoms with E-state index in [0.29, 0.717) is 19.0 Å². The number of rotatable bonds is 9. The van der Waals surface area contributed by atoms with Crippen molar-refractivity contribution in [2.45, 2.75) is 59.0 Å².